The number of rotatable bonds is 14. The normalized spacial score (nSPS) is 13.7. The van der Waals surface area contributed by atoms with Crippen LogP contribution in [0.3, 0.4) is 0 Å². The Balaban J connectivity index is 5.71. The molecule has 1 amide bonds. The van der Waals surface area contributed by atoms with Crippen LogP contribution in [0.4, 0.5) is 4.79 Å². The molecule has 1 unspecified atom stereocenters. The molecule has 0 aromatic heterocycles. The smallest absolute Gasteiger partial charge is 0.465 e. The van der Waals surface area contributed by atoms with Crippen LogP contribution in [-0.2, 0) is 26.9 Å². The van der Waals surface area contributed by atoms with Gasteiger partial charge in [-0.3, -0.25) is 9.46 Å². The van der Waals surface area contributed by atoms with Gasteiger partial charge in [-0.1, -0.05) is 0 Å². The number of carboxylic acid groups (broad SMARTS) is 1. The third kappa shape index (κ3) is 7.34. The maximum Gasteiger partial charge on any atom is 0.524 e. The zero-order valence-electron chi connectivity index (χ0n) is 16.0. The molecule has 0 saturated carbocycles. The Morgan fingerprint density at radius 3 is 1.64 bits per heavy atom. The molecule has 0 spiro atoms. The van der Waals surface area contributed by atoms with Crippen molar-refractivity contribution in [1.29, 1.82) is 0 Å². The van der Waals surface area contributed by atoms with Gasteiger partial charge in [-0.25, -0.2) is 4.79 Å². The summed E-state index contributed by atoms with van der Waals surface area (Å²) >= 11 is 0. The molecule has 0 aliphatic rings. The van der Waals surface area contributed by atoms with Crippen molar-refractivity contribution in [2.24, 2.45) is 0 Å². The van der Waals surface area contributed by atoms with E-state index in [2.05, 4.69) is 0 Å². The molecular weight excluding hydrogens is 369 g/mol. The van der Waals surface area contributed by atoms with Crippen LogP contribution in [-0.4, -0.2) is 69.9 Å². The minimum atomic E-state index is -3.61. The van der Waals surface area contributed by atoms with Crippen molar-refractivity contribution in [2.45, 2.75) is 47.2 Å². The third-order valence-electron chi connectivity index (χ3n) is 3.24. The Bertz CT molecular complexity index is 412. The van der Waals surface area contributed by atoms with Crippen molar-refractivity contribution in [1.82, 2.24) is 4.90 Å². The number of amides is 1. The van der Waals surface area contributed by atoms with Crippen LogP contribution in [0, 0.1) is 0 Å². The molecule has 0 heterocycles. The molecular formula is C14H32NO8PSi. The van der Waals surface area contributed by atoms with E-state index < -0.39 is 34.4 Å². The molecule has 1 N–H and O–H groups in total. The first-order valence-corrected chi connectivity index (χ1v) is 12.1. The Morgan fingerprint density at radius 1 is 0.960 bits per heavy atom. The summed E-state index contributed by atoms with van der Waals surface area (Å²) in [5.74, 6) is 0. The number of carbonyl (C=O) groups is 1. The summed E-state index contributed by atoms with van der Waals surface area (Å²) in [6, 6.07) is 0. The van der Waals surface area contributed by atoms with Gasteiger partial charge in [0.25, 0.3) is 0 Å². The summed E-state index contributed by atoms with van der Waals surface area (Å²) in [6.07, 6.45) is -1.70. The van der Waals surface area contributed by atoms with E-state index in [9.17, 15) is 14.5 Å². The summed E-state index contributed by atoms with van der Waals surface area (Å²) in [4.78, 5) is 12.8. The van der Waals surface area contributed by atoms with Crippen molar-refractivity contribution in [3.8, 4) is 0 Å². The van der Waals surface area contributed by atoms with Crippen molar-refractivity contribution in [2.75, 3.05) is 39.3 Å². The fourth-order valence-electron chi connectivity index (χ4n) is 2.33. The number of nitrogens with zero attached hydrogens (tertiary/aromatic N) is 1. The highest BCUT2D eigenvalue weighted by molar-refractivity contribution is 7.53. The largest absolute Gasteiger partial charge is 0.524 e. The quantitative estimate of drug-likeness (QED) is 0.350. The average Bonchev–Trinajstić information content (AvgIpc) is 2.53. The van der Waals surface area contributed by atoms with Crippen molar-refractivity contribution in [3.63, 3.8) is 0 Å². The van der Waals surface area contributed by atoms with Crippen LogP contribution in [0.5, 0.6) is 0 Å². The minimum Gasteiger partial charge on any atom is -0.465 e. The highest BCUT2D eigenvalue weighted by Gasteiger charge is 2.52. The summed E-state index contributed by atoms with van der Waals surface area (Å²) in [5, 5.41) is 9.66. The lowest BCUT2D eigenvalue weighted by Gasteiger charge is -2.38. The summed E-state index contributed by atoms with van der Waals surface area (Å²) < 4.78 is 40.5. The van der Waals surface area contributed by atoms with Crippen LogP contribution < -0.4 is 0 Å². The molecule has 0 rings (SSSR count). The predicted molar refractivity (Wildman–Crippen MR) is 95.7 cm³/mol. The SMILES string of the molecule is CCO[Si](OCC)(OCC)C(C)N(CP(=O)(OCC)OCC)C(=O)O. The Labute approximate surface area is 151 Å². The van der Waals surface area contributed by atoms with Crippen LogP contribution in [0.25, 0.3) is 0 Å². The molecule has 25 heavy (non-hydrogen) atoms. The van der Waals surface area contributed by atoms with Gasteiger partial charge in [0.05, 0.1) is 13.2 Å². The highest BCUT2D eigenvalue weighted by Crippen LogP contribution is 2.49. The second-order valence-electron chi connectivity index (χ2n) is 4.92. The molecule has 1 atom stereocenters. The first kappa shape index (κ1) is 24.5. The lowest BCUT2D eigenvalue weighted by molar-refractivity contribution is 0.0399. The summed E-state index contributed by atoms with van der Waals surface area (Å²) in [7, 11) is -6.97. The third-order valence-corrected chi connectivity index (χ3v) is 8.60. The Hall–Kier alpha value is -0.483. The lowest BCUT2D eigenvalue weighted by atomic mass is 10.6. The van der Waals surface area contributed by atoms with Gasteiger partial charge in [-0.05, 0) is 41.5 Å². The van der Waals surface area contributed by atoms with Crippen LogP contribution in [0.2, 0.25) is 0 Å². The fourth-order valence-corrected chi connectivity index (χ4v) is 7.01. The van der Waals surface area contributed by atoms with Crippen molar-refractivity contribution >= 4 is 22.5 Å². The molecule has 0 aliphatic heterocycles. The van der Waals surface area contributed by atoms with Gasteiger partial charge in [0.2, 0.25) is 0 Å². The second-order valence-corrected chi connectivity index (χ2v) is 9.85. The van der Waals surface area contributed by atoms with Gasteiger partial charge in [0.1, 0.15) is 12.0 Å². The maximum atomic E-state index is 12.8. The van der Waals surface area contributed by atoms with Gasteiger partial charge in [-0.15, -0.1) is 0 Å². The van der Waals surface area contributed by atoms with E-state index in [1.54, 1.807) is 41.5 Å². The van der Waals surface area contributed by atoms with Gasteiger partial charge in [-0.2, -0.15) is 0 Å². The number of hydrogen-bond donors (Lipinski definition) is 1. The van der Waals surface area contributed by atoms with Gasteiger partial charge < -0.3 is 27.4 Å². The predicted octanol–water partition coefficient (Wildman–Crippen LogP) is 3.17. The van der Waals surface area contributed by atoms with E-state index in [0.29, 0.717) is 19.8 Å². The van der Waals surface area contributed by atoms with Crippen LogP contribution in [0.1, 0.15) is 41.5 Å². The molecule has 0 aromatic rings. The van der Waals surface area contributed by atoms with Gasteiger partial charge in [0, 0.05) is 19.8 Å². The summed E-state index contributed by atoms with van der Waals surface area (Å²) in [6.45, 7) is 11.5. The topological polar surface area (TPSA) is 104 Å². The molecule has 9 nitrogen and oxygen atoms in total. The van der Waals surface area contributed by atoms with E-state index in [0.717, 1.165) is 4.90 Å². The molecule has 0 aliphatic carbocycles. The maximum absolute atomic E-state index is 12.8. The first-order valence-electron chi connectivity index (χ1n) is 8.55. The van der Waals surface area contributed by atoms with Crippen molar-refractivity contribution < 1.29 is 36.8 Å². The van der Waals surface area contributed by atoms with E-state index in [1.165, 1.54) is 0 Å². The van der Waals surface area contributed by atoms with Crippen LogP contribution in [0.15, 0.2) is 0 Å². The Kier molecular flexibility index (Phi) is 11.8. The van der Waals surface area contributed by atoms with Crippen LogP contribution >= 0.6 is 7.60 Å². The first-order chi connectivity index (χ1) is 11.8. The number of hydrogen-bond acceptors (Lipinski definition) is 7. The Morgan fingerprint density at radius 2 is 1.36 bits per heavy atom. The van der Waals surface area contributed by atoms with E-state index in [1.807, 2.05) is 0 Å². The van der Waals surface area contributed by atoms with Gasteiger partial charge in [0.15, 0.2) is 0 Å². The molecule has 0 bridgehead atoms. The average molecular weight is 401 g/mol. The van der Waals surface area contributed by atoms with Gasteiger partial charge >= 0.3 is 22.5 Å². The van der Waals surface area contributed by atoms with Crippen molar-refractivity contribution in [3.05, 3.63) is 0 Å². The highest BCUT2D eigenvalue weighted by atomic mass is 31.2. The molecule has 0 aromatic carbocycles. The molecule has 150 valence electrons. The lowest BCUT2D eigenvalue weighted by Crippen LogP contribution is -2.63. The zero-order valence-corrected chi connectivity index (χ0v) is 17.9. The standard InChI is InChI=1S/C14H32NO8PSi/c1-7-19-24(18,20-8-2)12-15(14(16)17)13(6)25(21-9-3,22-10-4)23-11-5/h13H,7-12H2,1-6H3,(H,16,17). The second kappa shape index (κ2) is 12.0. The van der Waals surface area contributed by atoms with E-state index >= 15 is 0 Å². The minimum absolute atomic E-state index is 0.143. The monoisotopic (exact) mass is 401 g/mol. The summed E-state index contributed by atoms with van der Waals surface area (Å²) in [5.41, 5.74) is -0.779. The molecule has 0 fully saturated rings. The van der Waals surface area contributed by atoms with E-state index in [-0.39, 0.29) is 13.2 Å². The molecule has 11 heteroatoms. The molecule has 0 radical (unpaired) electrons. The zero-order chi connectivity index (χ0) is 19.5. The van der Waals surface area contributed by atoms with E-state index in [4.69, 9.17) is 22.3 Å². The fraction of sp³-hybridized carbons (Fsp3) is 0.929. The molecule has 0 saturated heterocycles.